The number of aliphatic carboxylic acids is 1. The average Bonchev–Trinajstić information content (AvgIpc) is 2.38. The Hall–Kier alpha value is -1.14. The molecular formula is C14H26N2O4. The SMILES string of the molecule is CCCC(C)NC(=O)C(C)N1CCOCC1CC(=O)O. The van der Waals surface area contributed by atoms with Crippen LogP contribution in [0, 0.1) is 0 Å². The van der Waals surface area contributed by atoms with Gasteiger partial charge < -0.3 is 15.2 Å². The second kappa shape index (κ2) is 8.21. The van der Waals surface area contributed by atoms with Crippen LogP contribution in [-0.2, 0) is 14.3 Å². The third-order valence-electron chi connectivity index (χ3n) is 3.67. The smallest absolute Gasteiger partial charge is 0.305 e. The topological polar surface area (TPSA) is 78.9 Å². The molecule has 1 amide bonds. The first-order chi connectivity index (χ1) is 9.45. The Morgan fingerprint density at radius 3 is 2.75 bits per heavy atom. The number of carboxylic acids is 1. The predicted molar refractivity (Wildman–Crippen MR) is 75.5 cm³/mol. The highest BCUT2D eigenvalue weighted by molar-refractivity contribution is 5.81. The van der Waals surface area contributed by atoms with Gasteiger partial charge in [0.05, 0.1) is 25.7 Å². The van der Waals surface area contributed by atoms with Gasteiger partial charge in [-0.2, -0.15) is 0 Å². The first kappa shape index (κ1) is 16.9. The van der Waals surface area contributed by atoms with Gasteiger partial charge in [-0.25, -0.2) is 0 Å². The minimum atomic E-state index is -0.863. The van der Waals surface area contributed by atoms with Crippen LogP contribution in [0.5, 0.6) is 0 Å². The van der Waals surface area contributed by atoms with E-state index in [4.69, 9.17) is 9.84 Å². The van der Waals surface area contributed by atoms with E-state index in [1.165, 1.54) is 0 Å². The molecule has 0 bridgehead atoms. The van der Waals surface area contributed by atoms with Crippen LogP contribution >= 0.6 is 0 Å². The highest BCUT2D eigenvalue weighted by Gasteiger charge is 2.32. The van der Waals surface area contributed by atoms with Crippen LogP contribution in [0.3, 0.4) is 0 Å². The minimum absolute atomic E-state index is 0.00212. The van der Waals surface area contributed by atoms with Crippen LogP contribution in [-0.4, -0.2) is 59.8 Å². The Bertz CT molecular complexity index is 335. The van der Waals surface area contributed by atoms with Crippen molar-refractivity contribution in [3.63, 3.8) is 0 Å². The van der Waals surface area contributed by atoms with E-state index < -0.39 is 5.97 Å². The Morgan fingerprint density at radius 1 is 1.45 bits per heavy atom. The summed E-state index contributed by atoms with van der Waals surface area (Å²) in [5.41, 5.74) is 0. The van der Waals surface area contributed by atoms with Crippen molar-refractivity contribution in [2.24, 2.45) is 0 Å². The van der Waals surface area contributed by atoms with E-state index in [-0.39, 0.29) is 30.5 Å². The zero-order valence-electron chi connectivity index (χ0n) is 12.6. The maximum atomic E-state index is 12.2. The highest BCUT2D eigenvalue weighted by Crippen LogP contribution is 2.15. The lowest BCUT2D eigenvalue weighted by molar-refractivity contribution is -0.143. The molecule has 0 radical (unpaired) electrons. The maximum Gasteiger partial charge on any atom is 0.305 e. The predicted octanol–water partition coefficient (Wildman–Crippen LogP) is 0.855. The molecule has 0 aromatic heterocycles. The van der Waals surface area contributed by atoms with E-state index in [1.54, 1.807) is 0 Å². The quantitative estimate of drug-likeness (QED) is 0.725. The van der Waals surface area contributed by atoms with Crippen molar-refractivity contribution in [3.05, 3.63) is 0 Å². The van der Waals surface area contributed by atoms with E-state index in [9.17, 15) is 9.59 Å². The molecule has 1 saturated heterocycles. The maximum absolute atomic E-state index is 12.2. The molecular weight excluding hydrogens is 260 g/mol. The van der Waals surface area contributed by atoms with Crippen LogP contribution in [0.15, 0.2) is 0 Å². The van der Waals surface area contributed by atoms with Gasteiger partial charge in [0, 0.05) is 18.6 Å². The number of morpholine rings is 1. The van der Waals surface area contributed by atoms with Gasteiger partial charge in [-0.05, 0) is 20.3 Å². The lowest BCUT2D eigenvalue weighted by Gasteiger charge is -2.38. The summed E-state index contributed by atoms with van der Waals surface area (Å²) < 4.78 is 5.33. The second-order valence-corrected chi connectivity index (χ2v) is 5.44. The molecule has 1 heterocycles. The molecule has 3 atom stereocenters. The zero-order chi connectivity index (χ0) is 15.1. The average molecular weight is 286 g/mol. The molecule has 0 aromatic rings. The normalized spacial score (nSPS) is 23.1. The van der Waals surface area contributed by atoms with Crippen LogP contribution in [0.2, 0.25) is 0 Å². The molecule has 6 heteroatoms. The number of hydrogen-bond donors (Lipinski definition) is 2. The zero-order valence-corrected chi connectivity index (χ0v) is 12.6. The van der Waals surface area contributed by atoms with Crippen LogP contribution in [0.1, 0.15) is 40.0 Å². The molecule has 6 nitrogen and oxygen atoms in total. The fourth-order valence-electron chi connectivity index (χ4n) is 2.57. The summed E-state index contributed by atoms with van der Waals surface area (Å²) in [6, 6.07) is -0.417. The van der Waals surface area contributed by atoms with Crippen molar-refractivity contribution >= 4 is 11.9 Å². The van der Waals surface area contributed by atoms with Gasteiger partial charge in [-0.1, -0.05) is 13.3 Å². The lowest BCUT2D eigenvalue weighted by Crippen LogP contribution is -2.56. The minimum Gasteiger partial charge on any atom is -0.481 e. The van der Waals surface area contributed by atoms with Crippen molar-refractivity contribution in [1.82, 2.24) is 10.2 Å². The summed E-state index contributed by atoms with van der Waals surface area (Å²) in [5, 5.41) is 11.9. The molecule has 2 N–H and O–H groups in total. The van der Waals surface area contributed by atoms with Crippen molar-refractivity contribution in [2.75, 3.05) is 19.8 Å². The third-order valence-corrected chi connectivity index (χ3v) is 3.67. The number of carbonyl (C=O) groups is 2. The Kier molecular flexibility index (Phi) is 6.95. The Labute approximate surface area is 120 Å². The number of carboxylic acid groups (broad SMARTS) is 1. The highest BCUT2D eigenvalue weighted by atomic mass is 16.5. The van der Waals surface area contributed by atoms with Crippen LogP contribution in [0.25, 0.3) is 0 Å². The number of rotatable bonds is 7. The standard InChI is InChI=1S/C14H26N2O4/c1-4-5-10(2)15-14(19)11(3)16-6-7-20-9-12(16)8-13(17)18/h10-12H,4-9H2,1-3H3,(H,15,19)(H,17,18). The Balaban J connectivity index is 2.59. The fourth-order valence-corrected chi connectivity index (χ4v) is 2.57. The van der Waals surface area contributed by atoms with Gasteiger partial charge in [0.2, 0.25) is 5.91 Å². The molecule has 1 rings (SSSR count). The molecule has 0 aromatic carbocycles. The van der Waals surface area contributed by atoms with Crippen molar-refractivity contribution in [3.8, 4) is 0 Å². The first-order valence-corrected chi connectivity index (χ1v) is 7.31. The summed E-state index contributed by atoms with van der Waals surface area (Å²) in [4.78, 5) is 25.0. The summed E-state index contributed by atoms with van der Waals surface area (Å²) in [5.74, 6) is -0.902. The number of amides is 1. The first-order valence-electron chi connectivity index (χ1n) is 7.31. The van der Waals surface area contributed by atoms with Crippen molar-refractivity contribution in [1.29, 1.82) is 0 Å². The second-order valence-electron chi connectivity index (χ2n) is 5.44. The fraction of sp³-hybridized carbons (Fsp3) is 0.857. The molecule has 20 heavy (non-hydrogen) atoms. The molecule has 0 spiro atoms. The van der Waals surface area contributed by atoms with Crippen molar-refractivity contribution < 1.29 is 19.4 Å². The number of carbonyl (C=O) groups excluding carboxylic acids is 1. The largest absolute Gasteiger partial charge is 0.481 e. The van der Waals surface area contributed by atoms with Gasteiger partial charge in [0.1, 0.15) is 0 Å². The molecule has 1 fully saturated rings. The molecule has 0 saturated carbocycles. The van der Waals surface area contributed by atoms with Gasteiger partial charge in [-0.3, -0.25) is 14.5 Å². The Morgan fingerprint density at radius 2 is 2.15 bits per heavy atom. The number of nitrogens with one attached hydrogen (secondary N) is 1. The lowest BCUT2D eigenvalue weighted by atomic mass is 10.1. The van der Waals surface area contributed by atoms with Crippen LogP contribution in [0.4, 0.5) is 0 Å². The number of hydrogen-bond acceptors (Lipinski definition) is 4. The number of ether oxygens (including phenoxy) is 1. The van der Waals surface area contributed by atoms with Gasteiger partial charge >= 0.3 is 5.97 Å². The monoisotopic (exact) mass is 286 g/mol. The van der Waals surface area contributed by atoms with E-state index in [1.807, 2.05) is 18.7 Å². The summed E-state index contributed by atoms with van der Waals surface area (Å²) in [7, 11) is 0. The number of nitrogens with zero attached hydrogens (tertiary/aromatic N) is 1. The molecule has 3 unspecified atom stereocenters. The van der Waals surface area contributed by atoms with E-state index in [2.05, 4.69) is 12.2 Å². The molecule has 0 aliphatic carbocycles. The molecule has 1 aliphatic heterocycles. The van der Waals surface area contributed by atoms with Gasteiger partial charge in [-0.15, -0.1) is 0 Å². The molecule has 116 valence electrons. The van der Waals surface area contributed by atoms with Gasteiger partial charge in [0.15, 0.2) is 0 Å². The van der Waals surface area contributed by atoms with E-state index in [0.29, 0.717) is 19.8 Å². The summed E-state index contributed by atoms with van der Waals surface area (Å²) in [6.07, 6.45) is 1.97. The molecule has 1 aliphatic rings. The van der Waals surface area contributed by atoms with Crippen molar-refractivity contribution in [2.45, 2.75) is 58.2 Å². The summed E-state index contributed by atoms with van der Waals surface area (Å²) >= 11 is 0. The summed E-state index contributed by atoms with van der Waals surface area (Å²) in [6.45, 7) is 7.40. The van der Waals surface area contributed by atoms with Gasteiger partial charge in [0.25, 0.3) is 0 Å². The van der Waals surface area contributed by atoms with E-state index in [0.717, 1.165) is 12.8 Å². The third kappa shape index (κ3) is 5.09. The van der Waals surface area contributed by atoms with Crippen LogP contribution < -0.4 is 5.32 Å². The van der Waals surface area contributed by atoms with E-state index >= 15 is 0 Å².